The molecule has 0 heterocycles. The van der Waals surface area contributed by atoms with E-state index in [1.807, 2.05) is 27.7 Å². The number of rotatable bonds is 7. The molecule has 0 aliphatic rings. The Kier molecular flexibility index (Phi) is 6.02. The molecule has 114 valence electrons. The van der Waals surface area contributed by atoms with Crippen LogP contribution in [0.4, 0.5) is 0 Å². The molecule has 0 atom stereocenters. The van der Waals surface area contributed by atoms with Crippen LogP contribution in [-0.2, 0) is 10.0 Å². The molecule has 4 nitrogen and oxygen atoms in total. The molecule has 1 aromatic carbocycles. The van der Waals surface area contributed by atoms with Crippen LogP contribution < -0.4 is 4.74 Å². The summed E-state index contributed by atoms with van der Waals surface area (Å²) in [6.07, 6.45) is 1.63. The average Bonchev–Trinajstić information content (AvgIpc) is 2.38. The van der Waals surface area contributed by atoms with Crippen molar-refractivity contribution in [1.82, 2.24) is 4.31 Å². The summed E-state index contributed by atoms with van der Waals surface area (Å²) < 4.78 is 32.3. The van der Waals surface area contributed by atoms with Crippen LogP contribution in [-0.4, -0.2) is 32.9 Å². The Morgan fingerprint density at radius 1 is 1.05 bits per heavy atom. The molecule has 0 unspecified atom stereocenters. The summed E-state index contributed by atoms with van der Waals surface area (Å²) in [6, 6.07) is 3.39. The zero-order valence-corrected chi connectivity index (χ0v) is 13.9. The Labute approximate surface area is 122 Å². The van der Waals surface area contributed by atoms with Gasteiger partial charge in [0, 0.05) is 13.1 Å². The van der Waals surface area contributed by atoms with Crippen LogP contribution >= 0.6 is 0 Å². The highest BCUT2D eigenvalue weighted by Gasteiger charge is 2.24. The molecule has 0 saturated heterocycles. The number of sulfonamides is 1. The number of benzene rings is 1. The van der Waals surface area contributed by atoms with Gasteiger partial charge in [-0.2, -0.15) is 4.31 Å². The van der Waals surface area contributed by atoms with Gasteiger partial charge in [0.25, 0.3) is 0 Å². The fraction of sp³-hybridized carbons (Fsp3) is 0.600. The van der Waals surface area contributed by atoms with Gasteiger partial charge in [-0.15, -0.1) is 0 Å². The maximum Gasteiger partial charge on any atom is 0.243 e. The van der Waals surface area contributed by atoms with Gasteiger partial charge in [0.05, 0.1) is 12.0 Å². The average molecular weight is 299 g/mol. The number of nitrogens with zero attached hydrogens (tertiary/aromatic N) is 1. The van der Waals surface area contributed by atoms with Crippen molar-refractivity contribution in [3.8, 4) is 5.75 Å². The van der Waals surface area contributed by atoms with Gasteiger partial charge in [-0.3, -0.25) is 0 Å². The molecule has 1 rings (SSSR count). The minimum Gasteiger partial charge on any atom is -0.496 e. The molecule has 0 aromatic heterocycles. The number of aryl methyl sites for hydroxylation is 2. The van der Waals surface area contributed by atoms with Crippen LogP contribution in [0.3, 0.4) is 0 Å². The molecular weight excluding hydrogens is 274 g/mol. The van der Waals surface area contributed by atoms with E-state index in [1.54, 1.807) is 23.5 Å². The van der Waals surface area contributed by atoms with Crippen molar-refractivity contribution < 1.29 is 13.2 Å². The van der Waals surface area contributed by atoms with E-state index >= 15 is 0 Å². The summed E-state index contributed by atoms with van der Waals surface area (Å²) in [5.41, 5.74) is 1.69. The second-order valence-electron chi connectivity index (χ2n) is 4.99. The third-order valence-corrected chi connectivity index (χ3v) is 5.10. The van der Waals surface area contributed by atoms with Gasteiger partial charge in [-0.05, 0) is 49.9 Å². The first-order valence-electron chi connectivity index (χ1n) is 7.03. The van der Waals surface area contributed by atoms with Crippen molar-refractivity contribution in [2.24, 2.45) is 0 Å². The van der Waals surface area contributed by atoms with Gasteiger partial charge in [-0.25, -0.2) is 8.42 Å². The first-order chi connectivity index (χ1) is 9.38. The summed E-state index contributed by atoms with van der Waals surface area (Å²) >= 11 is 0. The molecular formula is C15H25NO3S. The summed E-state index contributed by atoms with van der Waals surface area (Å²) in [5, 5.41) is 0. The van der Waals surface area contributed by atoms with E-state index in [-0.39, 0.29) is 0 Å². The second kappa shape index (κ2) is 7.09. The third kappa shape index (κ3) is 3.52. The Morgan fingerprint density at radius 3 is 1.85 bits per heavy atom. The summed E-state index contributed by atoms with van der Waals surface area (Å²) in [6.45, 7) is 8.83. The van der Waals surface area contributed by atoms with E-state index in [9.17, 15) is 8.42 Å². The quantitative estimate of drug-likeness (QED) is 0.777. The van der Waals surface area contributed by atoms with Gasteiger partial charge in [0.1, 0.15) is 5.75 Å². The topological polar surface area (TPSA) is 46.6 Å². The fourth-order valence-corrected chi connectivity index (χ4v) is 4.18. The Hall–Kier alpha value is -1.07. The predicted molar refractivity (Wildman–Crippen MR) is 81.8 cm³/mol. The van der Waals surface area contributed by atoms with Crippen LogP contribution in [0.15, 0.2) is 17.0 Å². The van der Waals surface area contributed by atoms with Crippen LogP contribution in [0, 0.1) is 13.8 Å². The zero-order chi connectivity index (χ0) is 15.3. The fourth-order valence-electron chi connectivity index (χ4n) is 2.38. The normalized spacial score (nSPS) is 11.9. The highest BCUT2D eigenvalue weighted by Crippen LogP contribution is 2.28. The standard InChI is InChI=1S/C15H25NO3S/c1-6-8-16(9-7-2)20(17,18)14-10-12(3)15(19-5)13(4)11-14/h10-11H,6-9H2,1-5H3. The molecule has 0 saturated carbocycles. The third-order valence-electron chi connectivity index (χ3n) is 3.22. The molecule has 0 bridgehead atoms. The SMILES string of the molecule is CCCN(CCC)S(=O)(=O)c1cc(C)c(OC)c(C)c1. The maximum absolute atomic E-state index is 12.7. The van der Waals surface area contributed by atoms with Crippen molar-refractivity contribution in [2.45, 2.75) is 45.4 Å². The lowest BCUT2D eigenvalue weighted by molar-refractivity contribution is 0.404. The second-order valence-corrected chi connectivity index (χ2v) is 6.93. The van der Waals surface area contributed by atoms with E-state index in [0.29, 0.717) is 18.0 Å². The summed E-state index contributed by atoms with van der Waals surface area (Å²) in [7, 11) is -1.82. The largest absolute Gasteiger partial charge is 0.496 e. The molecule has 1 aromatic rings. The number of methoxy groups -OCH3 is 1. The van der Waals surface area contributed by atoms with E-state index < -0.39 is 10.0 Å². The number of hydrogen-bond acceptors (Lipinski definition) is 3. The van der Waals surface area contributed by atoms with Gasteiger partial charge >= 0.3 is 0 Å². The molecule has 5 heteroatoms. The van der Waals surface area contributed by atoms with E-state index in [4.69, 9.17) is 4.74 Å². The Bertz CT molecular complexity index is 523. The number of hydrogen-bond donors (Lipinski definition) is 0. The minimum absolute atomic E-state index is 0.357. The predicted octanol–water partition coefficient (Wildman–Crippen LogP) is 3.12. The first-order valence-corrected chi connectivity index (χ1v) is 8.47. The smallest absolute Gasteiger partial charge is 0.243 e. The van der Waals surface area contributed by atoms with Gasteiger partial charge in [0.2, 0.25) is 10.0 Å². The molecule has 0 spiro atoms. The molecule has 0 N–H and O–H groups in total. The van der Waals surface area contributed by atoms with Crippen molar-refractivity contribution >= 4 is 10.0 Å². The van der Waals surface area contributed by atoms with Gasteiger partial charge in [-0.1, -0.05) is 13.8 Å². The van der Waals surface area contributed by atoms with Crippen LogP contribution in [0.1, 0.15) is 37.8 Å². The van der Waals surface area contributed by atoms with Crippen molar-refractivity contribution in [3.63, 3.8) is 0 Å². The Balaban J connectivity index is 3.27. The lowest BCUT2D eigenvalue weighted by Gasteiger charge is -2.22. The molecule has 0 fully saturated rings. The van der Waals surface area contributed by atoms with Crippen LogP contribution in [0.2, 0.25) is 0 Å². The van der Waals surface area contributed by atoms with Crippen molar-refractivity contribution in [3.05, 3.63) is 23.3 Å². The van der Waals surface area contributed by atoms with Crippen LogP contribution in [0.5, 0.6) is 5.75 Å². The molecule has 0 amide bonds. The lowest BCUT2D eigenvalue weighted by atomic mass is 10.1. The first kappa shape index (κ1) is 17.0. The highest BCUT2D eigenvalue weighted by atomic mass is 32.2. The molecule has 0 aliphatic heterocycles. The van der Waals surface area contributed by atoms with Gasteiger partial charge < -0.3 is 4.74 Å². The van der Waals surface area contributed by atoms with E-state index in [0.717, 1.165) is 29.7 Å². The van der Waals surface area contributed by atoms with Crippen molar-refractivity contribution in [1.29, 1.82) is 0 Å². The van der Waals surface area contributed by atoms with Gasteiger partial charge in [0.15, 0.2) is 0 Å². The summed E-state index contributed by atoms with van der Waals surface area (Å²) in [4.78, 5) is 0.357. The molecule has 20 heavy (non-hydrogen) atoms. The number of ether oxygens (including phenoxy) is 1. The zero-order valence-electron chi connectivity index (χ0n) is 13.1. The monoisotopic (exact) mass is 299 g/mol. The minimum atomic E-state index is -3.42. The summed E-state index contributed by atoms with van der Waals surface area (Å²) in [5.74, 6) is 0.751. The highest BCUT2D eigenvalue weighted by molar-refractivity contribution is 7.89. The van der Waals surface area contributed by atoms with Crippen LogP contribution in [0.25, 0.3) is 0 Å². The molecule has 0 aliphatic carbocycles. The maximum atomic E-state index is 12.7. The lowest BCUT2D eigenvalue weighted by Crippen LogP contribution is -2.32. The van der Waals surface area contributed by atoms with E-state index in [2.05, 4.69) is 0 Å². The van der Waals surface area contributed by atoms with E-state index in [1.165, 1.54) is 0 Å². The van der Waals surface area contributed by atoms with Crippen molar-refractivity contribution in [2.75, 3.05) is 20.2 Å². The Morgan fingerprint density at radius 2 is 1.50 bits per heavy atom. The molecule has 0 radical (unpaired) electrons.